The van der Waals surface area contributed by atoms with E-state index in [4.69, 9.17) is 10.5 Å². The molecule has 116 valence electrons. The molecule has 2 rings (SSSR count). The first kappa shape index (κ1) is 16.8. The number of carbonyl (C=O) groups is 1. The van der Waals surface area contributed by atoms with Crippen LogP contribution in [0.3, 0.4) is 0 Å². The van der Waals surface area contributed by atoms with Crippen LogP contribution < -0.4 is 10.7 Å². The van der Waals surface area contributed by atoms with Crippen molar-refractivity contribution in [2.75, 3.05) is 18.1 Å². The van der Waals surface area contributed by atoms with E-state index in [1.54, 1.807) is 6.92 Å². The topological polar surface area (TPSA) is 114 Å². The molecule has 0 radical (unpaired) electrons. The third-order valence-corrected chi connectivity index (χ3v) is 4.74. The van der Waals surface area contributed by atoms with Crippen molar-refractivity contribution in [2.45, 2.75) is 11.9 Å². The van der Waals surface area contributed by atoms with Gasteiger partial charge in [0.05, 0.1) is 12.4 Å². The monoisotopic (exact) mass is 345 g/mol. The highest BCUT2D eigenvalue weighted by Crippen LogP contribution is 2.35. The molecule has 2 aromatic rings. The molecule has 0 bridgehead atoms. The number of hydrogen-bond acceptors (Lipinski definition) is 7. The summed E-state index contributed by atoms with van der Waals surface area (Å²) < 4.78 is 4.88. The molecule has 0 amide bonds. The maximum absolute atomic E-state index is 11.5. The fraction of sp³-hybridized carbons (Fsp3) is 0.200. The summed E-state index contributed by atoms with van der Waals surface area (Å²) in [6.07, 6.45) is 0. The van der Waals surface area contributed by atoms with Crippen molar-refractivity contribution in [3.05, 3.63) is 28.6 Å². The number of thioether (sulfide) groups is 1. The first-order chi connectivity index (χ1) is 11.1. The number of nitriles is 2. The summed E-state index contributed by atoms with van der Waals surface area (Å²) in [4.78, 5) is 15.1. The average Bonchev–Trinajstić information content (AvgIpc) is 3.06. The van der Waals surface area contributed by atoms with Crippen LogP contribution in [-0.4, -0.2) is 18.3 Å². The number of ether oxygens (including phenoxy) is 1. The molecule has 0 saturated heterocycles. The smallest absolute Gasteiger partial charge is 0.316 e. The number of hydrogen-bond donors (Lipinski definition) is 1. The van der Waals surface area contributed by atoms with Gasteiger partial charge < -0.3 is 4.74 Å². The molecule has 0 unspecified atom stereocenters. The van der Waals surface area contributed by atoms with Crippen molar-refractivity contribution >= 4 is 34.9 Å². The minimum absolute atomic E-state index is 0.0498. The third kappa shape index (κ3) is 3.62. The highest BCUT2D eigenvalue weighted by molar-refractivity contribution is 7.99. The Morgan fingerprint density at radius 2 is 2.17 bits per heavy atom. The predicted octanol–water partition coefficient (Wildman–Crippen LogP) is 2.21. The predicted molar refractivity (Wildman–Crippen MR) is 87.5 cm³/mol. The number of anilines is 1. The Labute approximate surface area is 141 Å². The highest BCUT2D eigenvalue weighted by atomic mass is 32.2. The zero-order valence-corrected chi connectivity index (χ0v) is 13.9. The lowest BCUT2D eigenvalue weighted by atomic mass is 10.0. The molecule has 0 spiro atoms. The lowest BCUT2D eigenvalue weighted by Gasteiger charge is -2.08. The zero-order valence-electron chi connectivity index (χ0n) is 12.3. The Morgan fingerprint density at radius 1 is 1.43 bits per heavy atom. The molecule has 6 nitrogen and oxygen atoms in total. The third-order valence-electron chi connectivity index (χ3n) is 2.88. The Kier molecular flexibility index (Phi) is 5.58. The van der Waals surface area contributed by atoms with Gasteiger partial charge in [0.2, 0.25) is 0 Å². The quantitative estimate of drug-likeness (QED) is 0.656. The van der Waals surface area contributed by atoms with Gasteiger partial charge in [-0.1, -0.05) is 17.8 Å². The van der Waals surface area contributed by atoms with E-state index in [1.807, 2.05) is 23.6 Å². The zero-order chi connectivity index (χ0) is 16.8. The Hall–Kier alpha value is -2.55. The number of rotatable bonds is 5. The summed E-state index contributed by atoms with van der Waals surface area (Å²) in [5, 5.41) is 21.2. The second-order valence-electron chi connectivity index (χ2n) is 4.29. The van der Waals surface area contributed by atoms with E-state index >= 15 is 0 Å². The molecule has 3 N–H and O–H groups in total. The summed E-state index contributed by atoms with van der Waals surface area (Å²) in [6, 6.07) is 7.80. The number of esters is 1. The Morgan fingerprint density at radius 3 is 2.74 bits per heavy atom. The number of H-pyrrole nitrogens is 1. The van der Waals surface area contributed by atoms with Crippen LogP contribution in [0.15, 0.2) is 22.5 Å². The van der Waals surface area contributed by atoms with Gasteiger partial charge in [-0.15, -0.1) is 11.3 Å². The first-order valence-corrected chi connectivity index (χ1v) is 8.50. The molecule has 0 saturated carbocycles. The van der Waals surface area contributed by atoms with Gasteiger partial charge in [0.25, 0.3) is 5.82 Å². The van der Waals surface area contributed by atoms with Gasteiger partial charge >= 0.3 is 5.97 Å². The molecule has 0 atom stereocenters. The first-order valence-electron chi connectivity index (χ1n) is 6.63. The Balaban J connectivity index is 2.51. The fourth-order valence-corrected chi connectivity index (χ4v) is 3.56. The van der Waals surface area contributed by atoms with E-state index in [0.717, 1.165) is 16.6 Å². The minimum Gasteiger partial charge on any atom is -0.465 e. The molecule has 0 fully saturated rings. The van der Waals surface area contributed by atoms with E-state index in [9.17, 15) is 15.3 Å². The number of nitrogen functional groups attached to an aromatic ring is 1. The summed E-state index contributed by atoms with van der Waals surface area (Å²) >= 11 is 2.54. The van der Waals surface area contributed by atoms with E-state index in [-0.39, 0.29) is 23.1 Å². The second kappa shape index (κ2) is 7.63. The van der Waals surface area contributed by atoms with Crippen molar-refractivity contribution in [1.29, 1.82) is 10.5 Å². The number of pyridine rings is 1. The molecule has 23 heavy (non-hydrogen) atoms. The molecule has 2 heterocycles. The van der Waals surface area contributed by atoms with Crippen LogP contribution in [0.5, 0.6) is 0 Å². The molecule has 0 aromatic carbocycles. The van der Waals surface area contributed by atoms with Crippen LogP contribution in [0, 0.1) is 22.7 Å². The van der Waals surface area contributed by atoms with Gasteiger partial charge in [0, 0.05) is 10.4 Å². The molecule has 0 aliphatic heterocycles. The molecule has 0 aliphatic carbocycles. The summed E-state index contributed by atoms with van der Waals surface area (Å²) in [6.45, 7) is 2.02. The van der Waals surface area contributed by atoms with Crippen molar-refractivity contribution in [1.82, 2.24) is 0 Å². The van der Waals surface area contributed by atoms with Crippen LogP contribution in [0.4, 0.5) is 5.82 Å². The van der Waals surface area contributed by atoms with Crippen molar-refractivity contribution < 1.29 is 14.5 Å². The number of nitrogens with zero attached hydrogens (tertiary/aromatic N) is 2. The number of nitrogens with one attached hydrogen (secondary N) is 1. The lowest BCUT2D eigenvalue weighted by Crippen LogP contribution is -2.19. The van der Waals surface area contributed by atoms with E-state index in [2.05, 4.69) is 11.1 Å². The molecule has 0 aliphatic rings. The number of aromatic nitrogens is 1. The van der Waals surface area contributed by atoms with Crippen LogP contribution in [0.1, 0.15) is 18.1 Å². The van der Waals surface area contributed by atoms with Gasteiger partial charge in [0.1, 0.15) is 17.7 Å². The number of nitrogens with two attached hydrogens (primary N) is 1. The average molecular weight is 345 g/mol. The van der Waals surface area contributed by atoms with Gasteiger partial charge in [-0.05, 0) is 18.4 Å². The number of aromatic amines is 1. The van der Waals surface area contributed by atoms with Crippen molar-refractivity contribution in [3.8, 4) is 22.6 Å². The van der Waals surface area contributed by atoms with Crippen molar-refractivity contribution in [2.24, 2.45) is 0 Å². The SMILES string of the molecule is CCOC(=O)CSc1[nH+]c(N)c(C#N)c(-c2cccs2)c1C#N. The van der Waals surface area contributed by atoms with Gasteiger partial charge in [-0.25, -0.2) is 4.98 Å². The van der Waals surface area contributed by atoms with Gasteiger partial charge in [-0.3, -0.25) is 10.5 Å². The van der Waals surface area contributed by atoms with Crippen LogP contribution in [0.2, 0.25) is 0 Å². The van der Waals surface area contributed by atoms with Crippen LogP contribution in [0.25, 0.3) is 10.4 Å². The normalized spacial score (nSPS) is 9.87. The lowest BCUT2D eigenvalue weighted by molar-refractivity contribution is -0.410. The van der Waals surface area contributed by atoms with Gasteiger partial charge in [0.15, 0.2) is 10.6 Å². The minimum atomic E-state index is -0.379. The summed E-state index contributed by atoms with van der Waals surface area (Å²) in [5.74, 6) is -0.162. The largest absolute Gasteiger partial charge is 0.465 e. The maximum atomic E-state index is 11.5. The van der Waals surface area contributed by atoms with E-state index < -0.39 is 0 Å². The van der Waals surface area contributed by atoms with Crippen LogP contribution in [-0.2, 0) is 9.53 Å². The molecular weight excluding hydrogens is 332 g/mol. The molecule has 2 aromatic heterocycles. The Bertz CT molecular complexity index is 804. The van der Waals surface area contributed by atoms with E-state index in [0.29, 0.717) is 22.8 Å². The molecule has 8 heteroatoms. The van der Waals surface area contributed by atoms with E-state index in [1.165, 1.54) is 11.3 Å². The molecular formula is C15H13N4O2S2+. The standard InChI is InChI=1S/C15H12N4O2S2/c1-2-21-12(20)8-23-15-10(7-17)13(11-4-3-5-22-11)9(6-16)14(18)19-15/h3-5H,2,8H2,1H3,(H2,18,19)/p+1. The second-order valence-corrected chi connectivity index (χ2v) is 6.22. The fourth-order valence-electron chi connectivity index (χ4n) is 1.95. The highest BCUT2D eigenvalue weighted by Gasteiger charge is 2.24. The number of thiophene rings is 1. The summed E-state index contributed by atoms with van der Waals surface area (Å²) in [5.41, 5.74) is 6.93. The van der Waals surface area contributed by atoms with Crippen molar-refractivity contribution in [3.63, 3.8) is 0 Å². The number of carbonyl (C=O) groups excluding carboxylic acids is 1. The van der Waals surface area contributed by atoms with Crippen LogP contribution >= 0.6 is 23.1 Å². The van der Waals surface area contributed by atoms with Gasteiger partial charge in [-0.2, -0.15) is 10.5 Å². The maximum Gasteiger partial charge on any atom is 0.316 e. The summed E-state index contributed by atoms with van der Waals surface area (Å²) in [7, 11) is 0.